The van der Waals surface area contributed by atoms with Gasteiger partial charge in [-0.15, -0.1) is 6.92 Å². The summed E-state index contributed by atoms with van der Waals surface area (Å²) in [7, 11) is 0. The molecule has 0 saturated heterocycles. The Morgan fingerprint density at radius 2 is 1.89 bits per heavy atom. The quantitative estimate of drug-likeness (QED) is 0.543. The SMILES string of the molecule is [CH2-][CH+]Oc1ccccc1. The monoisotopic (exact) mass is 120 g/mol. The first-order valence-corrected chi connectivity index (χ1v) is 2.76. The topological polar surface area (TPSA) is 9.23 Å². The Kier molecular flexibility index (Phi) is 2.02. The average molecular weight is 120 g/mol. The predicted octanol–water partition coefficient (Wildman–Crippen LogP) is 2.06. The zero-order chi connectivity index (χ0) is 6.53. The van der Waals surface area contributed by atoms with Gasteiger partial charge >= 0.3 is 0 Å². The summed E-state index contributed by atoms with van der Waals surface area (Å²) in [6.45, 7) is 4.85. The normalized spacial score (nSPS) is 8.56. The molecule has 0 heterocycles. The molecule has 1 rings (SSSR count). The summed E-state index contributed by atoms with van der Waals surface area (Å²) in [6.07, 6.45) is 0. The third-order valence-corrected chi connectivity index (χ3v) is 0.963. The van der Waals surface area contributed by atoms with E-state index in [2.05, 4.69) is 6.92 Å². The average Bonchev–Trinajstić information content (AvgIpc) is 1.91. The van der Waals surface area contributed by atoms with Gasteiger partial charge in [0.2, 0.25) is 0 Å². The van der Waals surface area contributed by atoms with E-state index >= 15 is 0 Å². The molecule has 0 radical (unpaired) electrons. The molecule has 1 aromatic carbocycles. The lowest BCUT2D eigenvalue weighted by Gasteiger charge is -1.92. The molecule has 46 valence electrons. The molecule has 1 aromatic rings. The lowest BCUT2D eigenvalue weighted by molar-refractivity contribution is 0.433. The number of hydrogen-bond acceptors (Lipinski definition) is 1. The number of para-hydroxylation sites is 1. The molecule has 1 nitrogen and oxygen atoms in total. The van der Waals surface area contributed by atoms with E-state index in [1.807, 2.05) is 30.3 Å². The van der Waals surface area contributed by atoms with Crippen LogP contribution in [0, 0.1) is 13.5 Å². The van der Waals surface area contributed by atoms with Crippen LogP contribution in [0.1, 0.15) is 0 Å². The highest BCUT2D eigenvalue weighted by molar-refractivity contribution is 5.21. The highest BCUT2D eigenvalue weighted by Crippen LogP contribution is 2.08. The molecule has 0 aliphatic carbocycles. The van der Waals surface area contributed by atoms with Crippen molar-refractivity contribution in [1.29, 1.82) is 0 Å². The Hall–Kier alpha value is -1.11. The minimum atomic E-state index is 0.826. The number of rotatable bonds is 2. The van der Waals surface area contributed by atoms with Crippen LogP contribution in [0.4, 0.5) is 0 Å². The van der Waals surface area contributed by atoms with Gasteiger partial charge in [0.1, 0.15) is 6.61 Å². The van der Waals surface area contributed by atoms with Crippen molar-refractivity contribution in [2.24, 2.45) is 0 Å². The van der Waals surface area contributed by atoms with Gasteiger partial charge in [0.25, 0.3) is 0 Å². The van der Waals surface area contributed by atoms with Crippen LogP contribution in [0.15, 0.2) is 30.3 Å². The molecular weight excluding hydrogens is 112 g/mol. The largest absolute Gasteiger partial charge is 0.343 e. The van der Waals surface area contributed by atoms with E-state index in [4.69, 9.17) is 4.74 Å². The second-order valence-corrected chi connectivity index (χ2v) is 1.60. The van der Waals surface area contributed by atoms with Crippen molar-refractivity contribution >= 4 is 0 Å². The van der Waals surface area contributed by atoms with Crippen molar-refractivity contribution in [1.82, 2.24) is 0 Å². The molecule has 0 atom stereocenters. The van der Waals surface area contributed by atoms with Crippen molar-refractivity contribution in [3.63, 3.8) is 0 Å². The zero-order valence-electron chi connectivity index (χ0n) is 5.08. The fraction of sp³-hybridized carbons (Fsp3) is 0. The van der Waals surface area contributed by atoms with Crippen molar-refractivity contribution in [3.05, 3.63) is 43.9 Å². The van der Waals surface area contributed by atoms with E-state index in [9.17, 15) is 0 Å². The van der Waals surface area contributed by atoms with Gasteiger partial charge in [-0.05, 0) is 12.1 Å². The van der Waals surface area contributed by atoms with Crippen LogP contribution in [0.25, 0.3) is 0 Å². The van der Waals surface area contributed by atoms with E-state index in [1.165, 1.54) is 6.61 Å². The Balaban J connectivity index is 2.61. The first-order chi connectivity index (χ1) is 4.43. The Labute approximate surface area is 55.3 Å². The fourth-order valence-corrected chi connectivity index (χ4v) is 0.595. The zero-order valence-corrected chi connectivity index (χ0v) is 5.08. The highest BCUT2D eigenvalue weighted by Gasteiger charge is 1.88. The van der Waals surface area contributed by atoms with Gasteiger partial charge in [0, 0.05) is 0 Å². The highest BCUT2D eigenvalue weighted by atomic mass is 16.5. The first-order valence-electron chi connectivity index (χ1n) is 2.76. The minimum absolute atomic E-state index is 0.826. The van der Waals surface area contributed by atoms with Gasteiger partial charge in [-0.3, -0.25) is 0 Å². The second kappa shape index (κ2) is 3.02. The van der Waals surface area contributed by atoms with Gasteiger partial charge in [-0.25, -0.2) is 0 Å². The van der Waals surface area contributed by atoms with Gasteiger partial charge in [-0.2, -0.15) is 0 Å². The molecule has 0 aliphatic rings. The van der Waals surface area contributed by atoms with Crippen molar-refractivity contribution in [3.8, 4) is 5.75 Å². The molecule has 0 amide bonds. The summed E-state index contributed by atoms with van der Waals surface area (Å²) in [5.41, 5.74) is 0. The Morgan fingerprint density at radius 1 is 1.22 bits per heavy atom. The second-order valence-electron chi connectivity index (χ2n) is 1.60. The van der Waals surface area contributed by atoms with Crippen LogP contribution in [-0.2, 0) is 0 Å². The van der Waals surface area contributed by atoms with E-state index in [-0.39, 0.29) is 0 Å². The van der Waals surface area contributed by atoms with Gasteiger partial charge < -0.3 is 4.74 Å². The number of ether oxygens (including phenoxy) is 1. The van der Waals surface area contributed by atoms with E-state index in [0.717, 1.165) is 5.75 Å². The molecule has 0 fully saturated rings. The summed E-state index contributed by atoms with van der Waals surface area (Å²) in [4.78, 5) is 0. The summed E-state index contributed by atoms with van der Waals surface area (Å²) in [6, 6.07) is 9.52. The maximum Gasteiger partial charge on any atom is 0.178 e. The third-order valence-electron chi connectivity index (χ3n) is 0.963. The molecule has 9 heavy (non-hydrogen) atoms. The van der Waals surface area contributed by atoms with E-state index < -0.39 is 0 Å². The van der Waals surface area contributed by atoms with Crippen molar-refractivity contribution < 1.29 is 4.74 Å². The molecule has 0 bridgehead atoms. The molecule has 0 saturated carbocycles. The molecule has 1 heteroatoms. The Bertz CT molecular complexity index is 157. The van der Waals surface area contributed by atoms with Crippen molar-refractivity contribution in [2.45, 2.75) is 0 Å². The summed E-state index contributed by atoms with van der Waals surface area (Å²) in [5.74, 6) is 0.826. The number of benzene rings is 1. The van der Waals surface area contributed by atoms with Gasteiger partial charge in [-0.1, -0.05) is 18.2 Å². The van der Waals surface area contributed by atoms with Crippen LogP contribution in [0.2, 0.25) is 0 Å². The number of hydrogen-bond donors (Lipinski definition) is 0. The standard InChI is InChI=1S/C8H8O/c1-2-9-8-6-4-3-5-7-8/h2-7H,1H2. The fourth-order valence-electron chi connectivity index (χ4n) is 0.595. The van der Waals surface area contributed by atoms with Gasteiger partial charge in [0.15, 0.2) is 5.75 Å². The summed E-state index contributed by atoms with van der Waals surface area (Å²) >= 11 is 0. The maximum atomic E-state index is 4.97. The maximum absolute atomic E-state index is 4.97. The smallest absolute Gasteiger partial charge is 0.178 e. The van der Waals surface area contributed by atoms with Crippen LogP contribution in [0.3, 0.4) is 0 Å². The van der Waals surface area contributed by atoms with Crippen LogP contribution >= 0.6 is 0 Å². The summed E-state index contributed by atoms with van der Waals surface area (Å²) < 4.78 is 4.97. The molecule has 0 spiro atoms. The van der Waals surface area contributed by atoms with E-state index in [1.54, 1.807) is 0 Å². The van der Waals surface area contributed by atoms with Crippen molar-refractivity contribution in [2.75, 3.05) is 0 Å². The van der Waals surface area contributed by atoms with Crippen LogP contribution in [0.5, 0.6) is 5.75 Å². The molecular formula is C8H8O. The lowest BCUT2D eigenvalue weighted by atomic mass is 10.3. The van der Waals surface area contributed by atoms with Crippen LogP contribution in [-0.4, -0.2) is 0 Å². The lowest BCUT2D eigenvalue weighted by Crippen LogP contribution is -1.82. The third kappa shape index (κ3) is 1.68. The van der Waals surface area contributed by atoms with Crippen LogP contribution < -0.4 is 4.74 Å². The predicted molar refractivity (Wildman–Crippen MR) is 36.7 cm³/mol. The van der Waals surface area contributed by atoms with Gasteiger partial charge in [0.05, 0.1) is 0 Å². The molecule has 0 N–H and O–H groups in total. The molecule has 0 unspecified atom stereocenters. The first kappa shape index (κ1) is 6.02. The van der Waals surface area contributed by atoms with E-state index in [0.29, 0.717) is 0 Å². The Morgan fingerprint density at radius 3 is 2.44 bits per heavy atom. The summed E-state index contributed by atoms with van der Waals surface area (Å²) in [5, 5.41) is 0. The molecule has 0 aliphatic heterocycles. The minimum Gasteiger partial charge on any atom is -0.343 e. The molecule has 0 aromatic heterocycles.